The van der Waals surface area contributed by atoms with Gasteiger partial charge in [0.15, 0.2) is 0 Å². The summed E-state index contributed by atoms with van der Waals surface area (Å²) in [5.41, 5.74) is 5.09. The molecule has 0 saturated heterocycles. The molecule has 0 bridgehead atoms. The van der Waals surface area contributed by atoms with Crippen LogP contribution in [0.15, 0.2) is 18.2 Å². The molecule has 1 aromatic carbocycles. The van der Waals surface area contributed by atoms with Crippen LogP contribution in [0.3, 0.4) is 0 Å². The van der Waals surface area contributed by atoms with Crippen molar-refractivity contribution in [3.05, 3.63) is 28.3 Å². The average molecular weight is 194 g/mol. The summed E-state index contributed by atoms with van der Waals surface area (Å²) in [5, 5.41) is 19.0. The fourth-order valence-corrected chi connectivity index (χ4v) is 0.655. The number of phenolic OH excluding ortho intramolecular Hbond substituents is 1. The number of hydrogen-bond donors (Lipinski definition) is 2. The van der Waals surface area contributed by atoms with E-state index in [2.05, 4.69) is 0 Å². The summed E-state index contributed by atoms with van der Waals surface area (Å²) in [7, 11) is 0. The minimum absolute atomic E-state index is 0. The van der Waals surface area contributed by atoms with Gasteiger partial charge in [-0.2, -0.15) is 0 Å². The van der Waals surface area contributed by atoms with E-state index in [1.807, 2.05) is 0 Å². The molecule has 0 aromatic heterocycles. The Hall–Kier alpha value is -0.520. The topological polar surface area (TPSA) is 89.4 Å². The van der Waals surface area contributed by atoms with Gasteiger partial charge in [-0.15, -0.1) is 0 Å². The molecule has 2 radical (unpaired) electrons. The number of nitrogen functional groups attached to an aromatic ring is 1. The molecule has 1 aromatic rings. The summed E-state index contributed by atoms with van der Waals surface area (Å²) in [6.07, 6.45) is 0. The third-order valence-electron chi connectivity index (χ3n) is 1.22. The van der Waals surface area contributed by atoms with E-state index in [1.54, 1.807) is 0 Å². The van der Waals surface area contributed by atoms with Gasteiger partial charge in [-0.3, -0.25) is 10.1 Å². The van der Waals surface area contributed by atoms with Crippen LogP contribution in [0.5, 0.6) is 5.75 Å². The van der Waals surface area contributed by atoms with Gasteiger partial charge in [0.25, 0.3) is 5.69 Å². The minimum Gasteiger partial charge on any atom is -0.506 e. The number of nitro benzene ring substituents is 1. The monoisotopic (exact) mass is 194 g/mol. The minimum atomic E-state index is -0.574. The second-order valence-corrected chi connectivity index (χ2v) is 2.00. The van der Waals surface area contributed by atoms with Crippen LogP contribution in [0.4, 0.5) is 11.4 Å². The van der Waals surface area contributed by atoms with Crippen molar-refractivity contribution in [2.45, 2.75) is 0 Å². The smallest absolute Gasteiger partial charge is 0.271 e. The molecule has 0 aliphatic carbocycles. The first-order chi connectivity index (χ1) is 5.11. The Morgan fingerprint density at radius 3 is 2.50 bits per heavy atom. The van der Waals surface area contributed by atoms with Crippen LogP contribution in [0.25, 0.3) is 0 Å². The SMILES string of the molecule is Nc1cc([N+](=O)[O-])ccc1O.[Ca]. The van der Waals surface area contributed by atoms with Gasteiger partial charge in [0.1, 0.15) is 5.75 Å². The van der Waals surface area contributed by atoms with Crippen molar-refractivity contribution in [3.8, 4) is 5.75 Å². The Morgan fingerprint density at radius 2 is 2.08 bits per heavy atom. The van der Waals surface area contributed by atoms with Gasteiger partial charge in [0.2, 0.25) is 0 Å². The molecule has 3 N–H and O–H groups in total. The number of aromatic hydroxyl groups is 1. The first-order valence-corrected chi connectivity index (χ1v) is 2.84. The zero-order valence-electron chi connectivity index (χ0n) is 6.23. The van der Waals surface area contributed by atoms with Gasteiger partial charge in [-0.1, -0.05) is 0 Å². The molecule has 0 saturated carbocycles. The number of hydrogen-bond acceptors (Lipinski definition) is 4. The molecule has 5 nitrogen and oxygen atoms in total. The van der Waals surface area contributed by atoms with E-state index in [0.717, 1.165) is 6.07 Å². The summed E-state index contributed by atoms with van der Waals surface area (Å²) in [4.78, 5) is 9.56. The first kappa shape index (κ1) is 11.5. The van der Waals surface area contributed by atoms with E-state index in [-0.39, 0.29) is 54.9 Å². The van der Waals surface area contributed by atoms with Crippen LogP contribution in [0, 0.1) is 10.1 Å². The molecule has 1 rings (SSSR count). The van der Waals surface area contributed by atoms with Crippen molar-refractivity contribution in [2.24, 2.45) is 0 Å². The Kier molecular flexibility index (Phi) is 4.30. The number of benzene rings is 1. The number of nitrogens with zero attached hydrogens (tertiary/aromatic N) is 1. The molecule has 6 heteroatoms. The van der Waals surface area contributed by atoms with Gasteiger partial charge in [0, 0.05) is 49.9 Å². The van der Waals surface area contributed by atoms with Crippen molar-refractivity contribution in [1.29, 1.82) is 0 Å². The number of non-ortho nitro benzene ring substituents is 1. The molecule has 0 aliphatic rings. The summed E-state index contributed by atoms with van der Waals surface area (Å²) in [5.74, 6) is -0.143. The van der Waals surface area contributed by atoms with E-state index in [1.165, 1.54) is 12.1 Å². The van der Waals surface area contributed by atoms with E-state index < -0.39 is 4.92 Å². The van der Waals surface area contributed by atoms with Gasteiger partial charge in [0.05, 0.1) is 10.6 Å². The molecule has 0 atom stereocenters. The molecule has 0 fully saturated rings. The summed E-state index contributed by atoms with van der Waals surface area (Å²) >= 11 is 0. The van der Waals surface area contributed by atoms with Crippen LogP contribution in [0.1, 0.15) is 0 Å². The zero-order valence-corrected chi connectivity index (χ0v) is 8.44. The summed E-state index contributed by atoms with van der Waals surface area (Å²) in [6.45, 7) is 0. The van der Waals surface area contributed by atoms with Crippen molar-refractivity contribution < 1.29 is 10.0 Å². The number of phenols is 1. The largest absolute Gasteiger partial charge is 0.506 e. The molecule has 12 heavy (non-hydrogen) atoms. The Morgan fingerprint density at radius 1 is 1.50 bits per heavy atom. The molecule has 0 unspecified atom stereocenters. The maximum Gasteiger partial charge on any atom is 0.271 e. The van der Waals surface area contributed by atoms with Gasteiger partial charge in [-0.25, -0.2) is 0 Å². The maximum atomic E-state index is 10.1. The van der Waals surface area contributed by atoms with Crippen molar-refractivity contribution in [1.82, 2.24) is 0 Å². The van der Waals surface area contributed by atoms with Gasteiger partial charge < -0.3 is 10.8 Å². The summed E-state index contributed by atoms with van der Waals surface area (Å²) < 4.78 is 0. The fraction of sp³-hybridized carbons (Fsp3) is 0. The normalized spacial score (nSPS) is 8.67. The molecular formula is C6H6CaN2O3. The predicted molar refractivity (Wildman–Crippen MR) is 44.9 cm³/mol. The molecule has 60 valence electrons. The van der Waals surface area contributed by atoms with Gasteiger partial charge >= 0.3 is 0 Å². The predicted octanol–water partition coefficient (Wildman–Crippen LogP) is 0.502. The van der Waals surface area contributed by atoms with Crippen LogP contribution in [0.2, 0.25) is 0 Å². The number of rotatable bonds is 1. The number of nitrogens with two attached hydrogens (primary N) is 1. The van der Waals surface area contributed by atoms with Crippen molar-refractivity contribution in [2.75, 3.05) is 5.73 Å². The molecule has 0 heterocycles. The molecule has 0 aliphatic heterocycles. The van der Waals surface area contributed by atoms with Crippen molar-refractivity contribution in [3.63, 3.8) is 0 Å². The first-order valence-electron chi connectivity index (χ1n) is 2.84. The van der Waals surface area contributed by atoms with Crippen LogP contribution < -0.4 is 5.73 Å². The molecule has 0 amide bonds. The Bertz CT molecular complexity index is 303. The van der Waals surface area contributed by atoms with E-state index in [9.17, 15) is 10.1 Å². The zero-order chi connectivity index (χ0) is 8.43. The quantitative estimate of drug-likeness (QED) is 0.224. The Labute approximate surface area is 98.3 Å². The number of nitro groups is 1. The second-order valence-electron chi connectivity index (χ2n) is 2.00. The standard InChI is InChI=1S/C6H6N2O3.Ca/c7-5-3-4(8(10)11)1-2-6(5)9;/h1-3,9H,7H2;. The third kappa shape index (κ3) is 2.51. The third-order valence-corrected chi connectivity index (χ3v) is 1.22. The maximum absolute atomic E-state index is 10.1. The summed E-state index contributed by atoms with van der Waals surface area (Å²) in [6, 6.07) is 3.48. The van der Waals surface area contributed by atoms with E-state index in [0.29, 0.717) is 0 Å². The van der Waals surface area contributed by atoms with Crippen molar-refractivity contribution >= 4 is 49.1 Å². The second kappa shape index (κ2) is 4.49. The number of anilines is 1. The fourth-order valence-electron chi connectivity index (χ4n) is 0.655. The van der Waals surface area contributed by atoms with Crippen LogP contribution >= 0.6 is 0 Å². The van der Waals surface area contributed by atoms with Crippen LogP contribution in [-0.2, 0) is 0 Å². The van der Waals surface area contributed by atoms with Gasteiger partial charge in [-0.05, 0) is 6.07 Å². The molecular weight excluding hydrogens is 188 g/mol. The van der Waals surface area contributed by atoms with E-state index >= 15 is 0 Å². The van der Waals surface area contributed by atoms with Crippen LogP contribution in [-0.4, -0.2) is 47.8 Å². The van der Waals surface area contributed by atoms with E-state index in [4.69, 9.17) is 10.8 Å². The average Bonchev–Trinajstić information content (AvgIpc) is 1.94. The molecule has 0 spiro atoms. The Balaban J connectivity index is 0.00000121.